The molecule has 2 aromatic rings. The van der Waals surface area contributed by atoms with Crippen LogP contribution in [0.1, 0.15) is 125 Å². The molecule has 0 saturated heterocycles. The number of unbranched alkanes of at least 4 members (excludes halogenated alkanes) is 11. The van der Waals surface area contributed by atoms with Gasteiger partial charge in [0.15, 0.2) is 0 Å². The standard InChI is InChI=1S/C20H24O4.C18H34O2.C9H7NO/c1-15(11-7-13-17(3)19(21)22)9-5-6-10-16(2)12-8-14-18(4)20(23)24;1-2-3-4-5-6-7-8-9-10-11-12-13-14-15-16-17-18(19)20;11-9-6-5-7-3-1-2-4-8(7)10-9/h5-14H,1-4H3,(H,21,22)(H,23,24);9-10H,2-8,11-17H2,1H3,(H,19,20);1-6H,(H,10,11)/b6-5+,11-7+,12-8+,15-9+,16-10+,17-13+,18-14+;10-9+;. The van der Waals surface area contributed by atoms with E-state index in [1.54, 1.807) is 38.2 Å². The lowest BCUT2D eigenvalue weighted by Crippen LogP contribution is -2.01. The van der Waals surface area contributed by atoms with E-state index in [1.807, 2.05) is 80.6 Å². The SMILES string of the molecule is CC(/C=C/C=C(\C)C(=O)O)=C\C=C\C=C(C)\C=C\C=C(/C)C(=O)O.CCCCCCCC/C=C/CCCCCCCC(=O)O.O=c1ccc2ccccc2[nH]1. The highest BCUT2D eigenvalue weighted by Crippen LogP contribution is 2.10. The fourth-order valence-electron chi connectivity index (χ4n) is 4.80. The van der Waals surface area contributed by atoms with Crippen LogP contribution in [0.4, 0.5) is 0 Å². The molecule has 0 aliphatic carbocycles. The normalized spacial score (nSPS) is 12.7. The molecule has 55 heavy (non-hydrogen) atoms. The monoisotopic (exact) mass is 755 g/mol. The lowest BCUT2D eigenvalue weighted by molar-refractivity contribution is -0.137. The Balaban J connectivity index is 0.000000841. The molecule has 0 amide bonds. The summed E-state index contributed by atoms with van der Waals surface area (Å²) < 4.78 is 0. The van der Waals surface area contributed by atoms with Crippen molar-refractivity contribution in [1.82, 2.24) is 4.98 Å². The molecule has 2 rings (SSSR count). The summed E-state index contributed by atoms with van der Waals surface area (Å²) in [6.07, 6.45) is 38.9. The number of carboxylic acids is 3. The van der Waals surface area contributed by atoms with E-state index in [0.29, 0.717) is 6.42 Å². The van der Waals surface area contributed by atoms with Crippen LogP contribution >= 0.6 is 0 Å². The molecule has 8 nitrogen and oxygen atoms in total. The summed E-state index contributed by atoms with van der Waals surface area (Å²) >= 11 is 0. The molecular formula is C47H65NO7. The van der Waals surface area contributed by atoms with E-state index in [2.05, 4.69) is 24.1 Å². The van der Waals surface area contributed by atoms with Crippen molar-refractivity contribution in [2.24, 2.45) is 0 Å². The van der Waals surface area contributed by atoms with Crippen LogP contribution in [-0.2, 0) is 14.4 Å². The number of hydrogen-bond donors (Lipinski definition) is 4. The van der Waals surface area contributed by atoms with Gasteiger partial charge >= 0.3 is 17.9 Å². The number of carboxylic acid groups (broad SMARTS) is 3. The average Bonchev–Trinajstić information content (AvgIpc) is 3.15. The molecule has 0 bridgehead atoms. The van der Waals surface area contributed by atoms with E-state index in [0.717, 1.165) is 34.9 Å². The predicted octanol–water partition coefficient (Wildman–Crippen LogP) is 12.2. The summed E-state index contributed by atoms with van der Waals surface area (Å²) in [6.45, 7) is 9.18. The Hall–Kier alpha value is -5.24. The van der Waals surface area contributed by atoms with Gasteiger partial charge < -0.3 is 20.3 Å². The summed E-state index contributed by atoms with van der Waals surface area (Å²) in [5, 5.41) is 27.0. The molecule has 0 aliphatic rings. The average molecular weight is 756 g/mol. The second kappa shape index (κ2) is 33.3. The zero-order valence-corrected chi connectivity index (χ0v) is 33.8. The van der Waals surface area contributed by atoms with E-state index in [4.69, 9.17) is 15.3 Å². The molecule has 0 fully saturated rings. The van der Waals surface area contributed by atoms with Crippen LogP contribution < -0.4 is 5.56 Å². The van der Waals surface area contributed by atoms with Gasteiger partial charge in [-0.3, -0.25) is 9.59 Å². The number of fused-ring (bicyclic) bond motifs is 1. The number of allylic oxidation sites excluding steroid dienone is 14. The highest BCUT2D eigenvalue weighted by molar-refractivity contribution is 5.86. The summed E-state index contributed by atoms with van der Waals surface area (Å²) in [6, 6.07) is 11.0. The molecule has 0 spiro atoms. The lowest BCUT2D eigenvalue weighted by atomic mass is 10.1. The number of rotatable bonds is 23. The number of carbonyl (C=O) groups is 3. The predicted molar refractivity (Wildman–Crippen MR) is 229 cm³/mol. The van der Waals surface area contributed by atoms with Crippen molar-refractivity contribution in [3.8, 4) is 0 Å². The number of H-pyrrole nitrogens is 1. The summed E-state index contributed by atoms with van der Waals surface area (Å²) in [7, 11) is 0. The molecule has 1 aromatic carbocycles. The van der Waals surface area contributed by atoms with Gasteiger partial charge in [0.1, 0.15) is 0 Å². The van der Waals surface area contributed by atoms with Crippen LogP contribution in [0.5, 0.6) is 0 Å². The number of hydrogen-bond acceptors (Lipinski definition) is 4. The molecule has 300 valence electrons. The van der Waals surface area contributed by atoms with Crippen LogP contribution in [0.3, 0.4) is 0 Å². The molecule has 0 saturated carbocycles. The van der Waals surface area contributed by atoms with Crippen molar-refractivity contribution in [3.63, 3.8) is 0 Å². The summed E-state index contributed by atoms with van der Waals surface area (Å²) in [4.78, 5) is 45.1. The Labute approximate surface area is 329 Å². The van der Waals surface area contributed by atoms with E-state index in [1.165, 1.54) is 76.7 Å². The zero-order valence-electron chi connectivity index (χ0n) is 33.8. The third-order valence-corrected chi connectivity index (χ3v) is 8.20. The van der Waals surface area contributed by atoms with Gasteiger partial charge in [-0.2, -0.15) is 0 Å². The highest BCUT2D eigenvalue weighted by atomic mass is 16.4. The zero-order chi connectivity index (χ0) is 41.1. The Morgan fingerprint density at radius 1 is 0.582 bits per heavy atom. The van der Waals surface area contributed by atoms with Crippen molar-refractivity contribution in [2.45, 2.75) is 125 Å². The Bertz CT molecular complexity index is 1660. The van der Waals surface area contributed by atoms with Gasteiger partial charge in [0.2, 0.25) is 5.56 Å². The Kier molecular flexibility index (Phi) is 30.2. The summed E-state index contributed by atoms with van der Waals surface area (Å²) in [5.74, 6) is -2.52. The van der Waals surface area contributed by atoms with Crippen molar-refractivity contribution in [3.05, 3.63) is 142 Å². The first kappa shape index (κ1) is 49.8. The first-order valence-electron chi connectivity index (χ1n) is 19.5. The fraction of sp³-hybridized carbons (Fsp3) is 0.404. The maximum atomic E-state index is 10.8. The van der Waals surface area contributed by atoms with E-state index < -0.39 is 17.9 Å². The topological polar surface area (TPSA) is 145 Å². The van der Waals surface area contributed by atoms with Gasteiger partial charge in [-0.1, -0.05) is 161 Å². The lowest BCUT2D eigenvalue weighted by Gasteiger charge is -1.99. The van der Waals surface area contributed by atoms with Crippen molar-refractivity contribution < 1.29 is 29.7 Å². The summed E-state index contributed by atoms with van der Waals surface area (Å²) in [5.41, 5.74) is 3.38. The molecule has 0 atom stereocenters. The molecule has 4 N–H and O–H groups in total. The number of pyridine rings is 1. The first-order valence-corrected chi connectivity index (χ1v) is 19.5. The maximum absolute atomic E-state index is 10.8. The minimum atomic E-state index is -0.928. The number of aromatic nitrogens is 1. The Morgan fingerprint density at radius 3 is 1.55 bits per heavy atom. The molecule has 8 heteroatoms. The largest absolute Gasteiger partial charge is 0.481 e. The van der Waals surface area contributed by atoms with Crippen molar-refractivity contribution in [2.75, 3.05) is 0 Å². The van der Waals surface area contributed by atoms with E-state index in [-0.39, 0.29) is 16.7 Å². The van der Waals surface area contributed by atoms with Gasteiger partial charge in [0, 0.05) is 29.2 Å². The van der Waals surface area contributed by atoms with Gasteiger partial charge in [0.25, 0.3) is 0 Å². The molecule has 0 unspecified atom stereocenters. The van der Waals surface area contributed by atoms with Crippen LogP contribution in [0.15, 0.2) is 136 Å². The van der Waals surface area contributed by atoms with Crippen molar-refractivity contribution >= 4 is 28.8 Å². The number of nitrogens with one attached hydrogen (secondary N) is 1. The number of benzene rings is 1. The second-order valence-corrected chi connectivity index (χ2v) is 13.4. The number of para-hydroxylation sites is 1. The second-order valence-electron chi connectivity index (χ2n) is 13.4. The first-order chi connectivity index (χ1) is 26.4. The third-order valence-electron chi connectivity index (χ3n) is 8.20. The third kappa shape index (κ3) is 30.9. The molecule has 0 radical (unpaired) electrons. The van der Waals surface area contributed by atoms with Gasteiger partial charge in [-0.25, -0.2) is 9.59 Å². The van der Waals surface area contributed by atoms with E-state index >= 15 is 0 Å². The molecular weight excluding hydrogens is 691 g/mol. The van der Waals surface area contributed by atoms with Gasteiger partial charge in [-0.15, -0.1) is 0 Å². The van der Waals surface area contributed by atoms with Gasteiger partial charge in [0.05, 0.1) is 0 Å². The quantitative estimate of drug-likeness (QED) is 0.0382. The molecule has 1 heterocycles. The van der Waals surface area contributed by atoms with Crippen LogP contribution in [-0.4, -0.2) is 38.2 Å². The highest BCUT2D eigenvalue weighted by Gasteiger charge is 1.97. The smallest absolute Gasteiger partial charge is 0.331 e. The van der Waals surface area contributed by atoms with Crippen LogP contribution in [0.25, 0.3) is 10.9 Å². The number of aromatic amines is 1. The van der Waals surface area contributed by atoms with E-state index in [9.17, 15) is 19.2 Å². The van der Waals surface area contributed by atoms with Gasteiger partial charge in [-0.05, 0) is 77.3 Å². The number of aliphatic carboxylic acids is 3. The van der Waals surface area contributed by atoms with Crippen LogP contribution in [0.2, 0.25) is 0 Å². The molecule has 1 aromatic heterocycles. The minimum absolute atomic E-state index is 0.0521. The fourth-order valence-corrected chi connectivity index (χ4v) is 4.80. The minimum Gasteiger partial charge on any atom is -0.481 e. The van der Waals surface area contributed by atoms with Crippen molar-refractivity contribution in [1.29, 1.82) is 0 Å². The van der Waals surface area contributed by atoms with Crippen LogP contribution in [0, 0.1) is 0 Å². The Morgan fingerprint density at radius 2 is 1.05 bits per heavy atom. The molecule has 0 aliphatic heterocycles. The maximum Gasteiger partial charge on any atom is 0.331 e.